The number of carbonyl (C=O) groups is 1. The monoisotopic (exact) mass is 478 g/mol. The number of hydrogen-bond donors (Lipinski definition) is 3. The van der Waals surface area contributed by atoms with Crippen LogP contribution in [0.15, 0.2) is 47.4 Å². The number of halogens is 3. The van der Waals surface area contributed by atoms with Crippen molar-refractivity contribution in [2.24, 2.45) is 0 Å². The Morgan fingerprint density at radius 2 is 1.91 bits per heavy atom. The van der Waals surface area contributed by atoms with Crippen LogP contribution in [-0.4, -0.2) is 32.6 Å². The second kappa shape index (κ2) is 9.34. The highest BCUT2D eigenvalue weighted by Crippen LogP contribution is 2.30. The molecule has 3 rings (SSSR count). The number of nitrogens with one attached hydrogen (secondary N) is 2. The molecule has 11 heteroatoms. The summed E-state index contributed by atoms with van der Waals surface area (Å²) < 4.78 is 43.2. The standard InChI is InChI=1S/C23H25F3N4O4/c1-13(14-6-5-7-15(10-14)34-23(24,25)26)30-18-9-8-17(28-21(33)29-22(2,3)4)16(12-31)20(18)27-11-19(30)32/h5-11,13,31H,12H2,1-4H3,(H2,28,29,33)/t13-/m0/s1. The first-order valence-electron chi connectivity index (χ1n) is 10.4. The first kappa shape index (κ1) is 25.0. The van der Waals surface area contributed by atoms with E-state index in [0.717, 1.165) is 6.20 Å². The smallest absolute Gasteiger partial charge is 0.406 e. The largest absolute Gasteiger partial charge is 0.573 e. The number of benzene rings is 2. The van der Waals surface area contributed by atoms with Crippen molar-refractivity contribution in [2.75, 3.05) is 5.32 Å². The van der Waals surface area contributed by atoms with Crippen molar-refractivity contribution in [1.82, 2.24) is 14.9 Å². The van der Waals surface area contributed by atoms with Crippen molar-refractivity contribution in [3.8, 4) is 5.75 Å². The third kappa shape index (κ3) is 5.84. The van der Waals surface area contributed by atoms with E-state index in [1.54, 1.807) is 19.1 Å². The van der Waals surface area contributed by atoms with Crippen molar-refractivity contribution < 1.29 is 27.8 Å². The van der Waals surface area contributed by atoms with E-state index in [2.05, 4.69) is 20.4 Å². The summed E-state index contributed by atoms with van der Waals surface area (Å²) >= 11 is 0. The molecule has 1 atom stereocenters. The van der Waals surface area contributed by atoms with Crippen LogP contribution in [0.2, 0.25) is 0 Å². The summed E-state index contributed by atoms with van der Waals surface area (Å²) in [4.78, 5) is 29.2. The molecule has 34 heavy (non-hydrogen) atoms. The lowest BCUT2D eigenvalue weighted by Crippen LogP contribution is -2.43. The van der Waals surface area contributed by atoms with E-state index >= 15 is 0 Å². The van der Waals surface area contributed by atoms with Gasteiger partial charge in [0.05, 0.1) is 35.6 Å². The van der Waals surface area contributed by atoms with Gasteiger partial charge in [0.1, 0.15) is 5.75 Å². The van der Waals surface area contributed by atoms with Gasteiger partial charge in [-0.25, -0.2) is 9.78 Å². The van der Waals surface area contributed by atoms with Crippen molar-refractivity contribution in [2.45, 2.75) is 52.2 Å². The Kier molecular flexibility index (Phi) is 6.87. The number of rotatable bonds is 5. The number of aliphatic hydroxyl groups excluding tert-OH is 1. The summed E-state index contributed by atoms with van der Waals surface area (Å²) in [5.74, 6) is -0.407. The highest BCUT2D eigenvalue weighted by molar-refractivity contribution is 5.94. The number of hydrogen-bond acceptors (Lipinski definition) is 5. The topological polar surface area (TPSA) is 105 Å². The van der Waals surface area contributed by atoms with Gasteiger partial charge in [0, 0.05) is 11.1 Å². The van der Waals surface area contributed by atoms with Gasteiger partial charge in [-0.1, -0.05) is 12.1 Å². The van der Waals surface area contributed by atoms with Crippen LogP contribution >= 0.6 is 0 Å². The molecule has 0 bridgehead atoms. The van der Waals surface area contributed by atoms with Crippen LogP contribution in [0.4, 0.5) is 23.7 Å². The van der Waals surface area contributed by atoms with Crippen molar-refractivity contribution >= 4 is 22.8 Å². The summed E-state index contributed by atoms with van der Waals surface area (Å²) in [5.41, 5.74) is 0.627. The van der Waals surface area contributed by atoms with E-state index in [4.69, 9.17) is 0 Å². The summed E-state index contributed by atoms with van der Waals surface area (Å²) in [6.07, 6.45) is -3.78. The number of nitrogens with zero attached hydrogens (tertiary/aromatic N) is 2. The van der Waals surface area contributed by atoms with Gasteiger partial charge in [0.25, 0.3) is 5.56 Å². The molecular weight excluding hydrogens is 453 g/mol. The maximum absolute atomic E-state index is 12.7. The van der Waals surface area contributed by atoms with Crippen LogP contribution in [0, 0.1) is 0 Å². The van der Waals surface area contributed by atoms with E-state index in [1.165, 1.54) is 28.8 Å². The maximum Gasteiger partial charge on any atom is 0.573 e. The molecule has 0 saturated heterocycles. The van der Waals surface area contributed by atoms with Gasteiger partial charge in [0.15, 0.2) is 0 Å². The van der Waals surface area contributed by atoms with Crippen LogP contribution in [0.1, 0.15) is 44.9 Å². The molecule has 1 heterocycles. The second-order valence-corrected chi connectivity index (χ2v) is 8.71. The van der Waals surface area contributed by atoms with Gasteiger partial charge in [-0.3, -0.25) is 9.36 Å². The molecule has 0 saturated carbocycles. The molecule has 0 aliphatic carbocycles. The van der Waals surface area contributed by atoms with E-state index in [9.17, 15) is 27.9 Å². The Morgan fingerprint density at radius 1 is 1.21 bits per heavy atom. The fraction of sp³-hybridized carbons (Fsp3) is 0.348. The molecule has 182 valence electrons. The van der Waals surface area contributed by atoms with Crippen molar-refractivity contribution in [3.63, 3.8) is 0 Å². The first-order chi connectivity index (χ1) is 15.8. The normalized spacial score (nSPS) is 12.9. The third-order valence-corrected chi connectivity index (χ3v) is 4.92. The minimum Gasteiger partial charge on any atom is -0.406 e. The zero-order valence-electron chi connectivity index (χ0n) is 19.0. The molecule has 0 fully saturated rings. The summed E-state index contributed by atoms with van der Waals surface area (Å²) in [6, 6.07) is 7.26. The van der Waals surface area contributed by atoms with Crippen LogP contribution in [-0.2, 0) is 6.61 Å². The predicted octanol–water partition coefficient (Wildman–Crippen LogP) is 4.32. The number of alkyl halides is 3. The molecule has 0 spiro atoms. The van der Waals surface area contributed by atoms with E-state index in [1.807, 2.05) is 20.8 Å². The molecule has 3 aromatic rings. The minimum absolute atomic E-state index is 0.269. The number of urea groups is 1. The Hall–Kier alpha value is -3.60. The van der Waals surface area contributed by atoms with Crippen LogP contribution in [0.25, 0.3) is 11.0 Å². The first-order valence-corrected chi connectivity index (χ1v) is 10.4. The molecule has 0 radical (unpaired) electrons. The van der Waals surface area contributed by atoms with Crippen LogP contribution in [0.3, 0.4) is 0 Å². The maximum atomic E-state index is 12.7. The molecule has 0 aliphatic rings. The Labute approximate surface area is 193 Å². The Bertz CT molecular complexity index is 1270. The molecule has 0 unspecified atom stereocenters. The van der Waals surface area contributed by atoms with Crippen molar-refractivity contribution in [1.29, 1.82) is 0 Å². The second-order valence-electron chi connectivity index (χ2n) is 8.71. The Balaban J connectivity index is 2.06. The zero-order chi connectivity index (χ0) is 25.3. The van der Waals surface area contributed by atoms with Crippen LogP contribution < -0.4 is 20.9 Å². The summed E-state index contributed by atoms with van der Waals surface area (Å²) in [6.45, 7) is 6.62. The van der Waals surface area contributed by atoms with Gasteiger partial charge in [-0.05, 0) is 57.5 Å². The van der Waals surface area contributed by atoms with Gasteiger partial charge in [-0.15, -0.1) is 13.2 Å². The highest BCUT2D eigenvalue weighted by atomic mass is 19.4. The minimum atomic E-state index is -4.85. The van der Waals surface area contributed by atoms with Gasteiger partial charge in [0.2, 0.25) is 0 Å². The van der Waals surface area contributed by atoms with Gasteiger partial charge >= 0.3 is 12.4 Å². The number of anilines is 1. The lowest BCUT2D eigenvalue weighted by atomic mass is 10.1. The molecule has 1 aromatic heterocycles. The number of ether oxygens (including phenoxy) is 1. The summed E-state index contributed by atoms with van der Waals surface area (Å²) in [7, 11) is 0. The lowest BCUT2D eigenvalue weighted by Gasteiger charge is -2.22. The average molecular weight is 478 g/mol. The van der Waals surface area contributed by atoms with E-state index in [0.29, 0.717) is 16.8 Å². The average Bonchev–Trinajstić information content (AvgIpc) is 2.70. The number of carbonyl (C=O) groups excluding carboxylic acids is 1. The van der Waals surface area contributed by atoms with E-state index in [-0.39, 0.29) is 11.1 Å². The molecule has 3 N–H and O–H groups in total. The predicted molar refractivity (Wildman–Crippen MR) is 121 cm³/mol. The fourth-order valence-corrected chi connectivity index (χ4v) is 3.55. The quantitative estimate of drug-likeness (QED) is 0.507. The van der Waals surface area contributed by atoms with Crippen molar-refractivity contribution in [3.05, 3.63) is 64.1 Å². The zero-order valence-corrected chi connectivity index (χ0v) is 19.0. The van der Waals surface area contributed by atoms with Gasteiger partial charge in [-0.2, -0.15) is 0 Å². The SMILES string of the molecule is C[C@@H](c1cccc(OC(F)(F)F)c1)n1c(=O)cnc2c(CO)c(NC(=O)NC(C)(C)C)ccc21. The molecular formula is C23H25F3N4O4. The molecule has 8 nitrogen and oxygen atoms in total. The molecule has 2 aromatic carbocycles. The number of aliphatic hydroxyl groups is 1. The number of amides is 2. The third-order valence-electron chi connectivity index (χ3n) is 4.92. The van der Waals surface area contributed by atoms with E-state index < -0.39 is 41.9 Å². The molecule has 2 amide bonds. The lowest BCUT2D eigenvalue weighted by molar-refractivity contribution is -0.274. The summed E-state index contributed by atoms with van der Waals surface area (Å²) in [5, 5.41) is 15.4. The fourth-order valence-electron chi connectivity index (χ4n) is 3.55. The van der Waals surface area contributed by atoms with Crippen LogP contribution in [0.5, 0.6) is 5.75 Å². The highest BCUT2D eigenvalue weighted by Gasteiger charge is 2.31. The Morgan fingerprint density at radius 3 is 2.53 bits per heavy atom. The number of aromatic nitrogens is 2. The number of fused-ring (bicyclic) bond motifs is 1. The van der Waals surface area contributed by atoms with Gasteiger partial charge < -0.3 is 20.5 Å². The molecule has 0 aliphatic heterocycles.